The molecule has 2 aliphatic rings. The van der Waals surface area contributed by atoms with Crippen molar-refractivity contribution in [2.24, 2.45) is 5.73 Å². The van der Waals surface area contributed by atoms with E-state index in [4.69, 9.17) is 5.73 Å². The molecule has 0 amide bonds. The van der Waals surface area contributed by atoms with E-state index < -0.39 is 6.23 Å². The second-order valence-corrected chi connectivity index (χ2v) is 3.65. The second kappa shape index (κ2) is 3.52. The van der Waals surface area contributed by atoms with Crippen molar-refractivity contribution in [1.82, 2.24) is 5.32 Å². The summed E-state index contributed by atoms with van der Waals surface area (Å²) in [7, 11) is 0. The van der Waals surface area contributed by atoms with Gasteiger partial charge in [0.25, 0.3) is 0 Å². The number of hydrogen-bond donors (Lipinski definition) is 3. The van der Waals surface area contributed by atoms with E-state index in [0.29, 0.717) is 6.54 Å². The summed E-state index contributed by atoms with van der Waals surface area (Å²) < 4.78 is 0. The van der Waals surface area contributed by atoms with Crippen molar-refractivity contribution in [2.45, 2.75) is 31.9 Å². The Labute approximate surface area is 78.3 Å². The Morgan fingerprint density at radius 3 is 3.00 bits per heavy atom. The fourth-order valence-corrected chi connectivity index (χ4v) is 2.13. The van der Waals surface area contributed by atoms with Gasteiger partial charge in [-0.15, -0.1) is 0 Å². The van der Waals surface area contributed by atoms with Gasteiger partial charge in [-0.2, -0.15) is 0 Å². The molecule has 3 nitrogen and oxygen atoms in total. The van der Waals surface area contributed by atoms with Crippen molar-refractivity contribution in [3.05, 3.63) is 22.9 Å². The van der Waals surface area contributed by atoms with Gasteiger partial charge in [-0.1, -0.05) is 0 Å². The number of allylic oxidation sites excluding steroid dienone is 2. The Morgan fingerprint density at radius 2 is 2.23 bits per heavy atom. The maximum Gasteiger partial charge on any atom is 0.148 e. The van der Waals surface area contributed by atoms with Crippen molar-refractivity contribution in [2.75, 3.05) is 6.54 Å². The van der Waals surface area contributed by atoms with E-state index >= 15 is 0 Å². The Kier molecular flexibility index (Phi) is 2.38. The summed E-state index contributed by atoms with van der Waals surface area (Å²) in [5.74, 6) is 0. The van der Waals surface area contributed by atoms with E-state index in [1.54, 1.807) is 0 Å². The highest BCUT2D eigenvalue weighted by Gasteiger charge is 2.23. The number of aliphatic hydroxyl groups excluding tert-OH is 1. The predicted octanol–water partition coefficient (Wildman–Crippen LogP) is 0.621. The second-order valence-electron chi connectivity index (χ2n) is 3.65. The van der Waals surface area contributed by atoms with Gasteiger partial charge in [-0.25, -0.2) is 0 Å². The highest BCUT2D eigenvalue weighted by molar-refractivity contribution is 5.41. The first-order chi connectivity index (χ1) is 6.33. The third kappa shape index (κ3) is 1.49. The van der Waals surface area contributed by atoms with E-state index in [2.05, 4.69) is 5.32 Å². The third-order valence-corrected chi connectivity index (χ3v) is 2.86. The fraction of sp³-hybridized carbons (Fsp3) is 0.600. The van der Waals surface area contributed by atoms with Crippen LogP contribution in [-0.4, -0.2) is 17.9 Å². The molecule has 72 valence electrons. The average Bonchev–Trinajstić information content (AvgIpc) is 2.18. The van der Waals surface area contributed by atoms with Gasteiger partial charge in [0, 0.05) is 12.7 Å². The summed E-state index contributed by atoms with van der Waals surface area (Å²) in [5, 5.41) is 12.6. The third-order valence-electron chi connectivity index (χ3n) is 2.86. The number of hydrogen-bond acceptors (Lipinski definition) is 3. The quantitative estimate of drug-likeness (QED) is 0.554. The lowest BCUT2D eigenvalue weighted by atomic mass is 9.85. The molecule has 1 aliphatic heterocycles. The first kappa shape index (κ1) is 8.78. The molecule has 1 heterocycles. The minimum absolute atomic E-state index is 0.459. The van der Waals surface area contributed by atoms with Crippen molar-refractivity contribution in [3.63, 3.8) is 0 Å². The minimum atomic E-state index is -0.554. The van der Waals surface area contributed by atoms with Crippen LogP contribution in [0, 0.1) is 0 Å². The van der Waals surface area contributed by atoms with Gasteiger partial charge >= 0.3 is 0 Å². The molecule has 1 unspecified atom stereocenters. The van der Waals surface area contributed by atoms with Crippen LogP contribution in [0.25, 0.3) is 0 Å². The molecule has 0 aromatic heterocycles. The molecule has 3 heteroatoms. The lowest BCUT2D eigenvalue weighted by molar-refractivity contribution is 0.183. The zero-order valence-corrected chi connectivity index (χ0v) is 7.71. The van der Waals surface area contributed by atoms with Gasteiger partial charge in [0.15, 0.2) is 0 Å². The van der Waals surface area contributed by atoms with Gasteiger partial charge in [0.1, 0.15) is 6.23 Å². The molecule has 13 heavy (non-hydrogen) atoms. The summed E-state index contributed by atoms with van der Waals surface area (Å²) in [5.41, 5.74) is 9.25. The van der Waals surface area contributed by atoms with Crippen LogP contribution in [0.5, 0.6) is 0 Å². The Balaban J connectivity index is 2.32. The summed E-state index contributed by atoms with van der Waals surface area (Å²) in [4.78, 5) is 0. The van der Waals surface area contributed by atoms with Crippen LogP contribution in [0.15, 0.2) is 22.9 Å². The van der Waals surface area contributed by atoms with E-state index in [9.17, 15) is 5.11 Å². The summed E-state index contributed by atoms with van der Waals surface area (Å²) in [6.07, 6.45) is 6.07. The van der Waals surface area contributed by atoms with E-state index in [0.717, 1.165) is 18.4 Å². The van der Waals surface area contributed by atoms with Crippen LogP contribution in [0.4, 0.5) is 0 Å². The van der Waals surface area contributed by atoms with E-state index in [1.807, 2.05) is 6.20 Å². The molecule has 0 bridgehead atoms. The highest BCUT2D eigenvalue weighted by atomic mass is 16.3. The molecule has 1 saturated carbocycles. The molecule has 0 spiro atoms. The number of nitrogens with two attached hydrogens (primary N) is 1. The van der Waals surface area contributed by atoms with Crippen molar-refractivity contribution in [3.8, 4) is 0 Å². The lowest BCUT2D eigenvalue weighted by Crippen LogP contribution is -2.35. The van der Waals surface area contributed by atoms with Crippen LogP contribution < -0.4 is 11.1 Å². The highest BCUT2D eigenvalue weighted by Crippen LogP contribution is 2.33. The van der Waals surface area contributed by atoms with Crippen molar-refractivity contribution in [1.29, 1.82) is 0 Å². The first-order valence-corrected chi connectivity index (χ1v) is 4.88. The van der Waals surface area contributed by atoms with Gasteiger partial charge < -0.3 is 16.2 Å². The summed E-state index contributed by atoms with van der Waals surface area (Å²) in [6.45, 7) is 0.459. The molecule has 4 N–H and O–H groups in total. The molecule has 2 rings (SSSR count). The maximum absolute atomic E-state index is 9.61. The standard InChI is InChI=1S/C10H16N2O/c11-5-9-8-4-2-1-3-7(8)6-12-10(9)13/h6,10,12-13H,1-5,11H2. The zero-order chi connectivity index (χ0) is 9.26. The molecule has 0 aromatic carbocycles. The monoisotopic (exact) mass is 180 g/mol. The lowest BCUT2D eigenvalue weighted by Gasteiger charge is -2.29. The number of aliphatic hydroxyl groups is 1. The topological polar surface area (TPSA) is 58.3 Å². The van der Waals surface area contributed by atoms with Crippen LogP contribution in [0.2, 0.25) is 0 Å². The fourth-order valence-electron chi connectivity index (χ4n) is 2.13. The number of dihydropyridines is 1. The van der Waals surface area contributed by atoms with Gasteiger partial charge in [0.05, 0.1) is 0 Å². The Hall–Kier alpha value is -0.800. The molecule has 0 saturated heterocycles. The molecular formula is C10H16N2O. The van der Waals surface area contributed by atoms with Gasteiger partial charge in [0.2, 0.25) is 0 Å². The predicted molar refractivity (Wildman–Crippen MR) is 51.8 cm³/mol. The normalized spacial score (nSPS) is 27.8. The van der Waals surface area contributed by atoms with Crippen molar-refractivity contribution >= 4 is 0 Å². The smallest absolute Gasteiger partial charge is 0.148 e. The van der Waals surface area contributed by atoms with Crippen LogP contribution in [0.1, 0.15) is 25.7 Å². The van der Waals surface area contributed by atoms with Gasteiger partial charge in [-0.3, -0.25) is 0 Å². The van der Waals surface area contributed by atoms with Crippen LogP contribution in [-0.2, 0) is 0 Å². The first-order valence-electron chi connectivity index (χ1n) is 4.88. The van der Waals surface area contributed by atoms with E-state index in [1.165, 1.54) is 24.0 Å². The zero-order valence-electron chi connectivity index (χ0n) is 7.71. The summed E-state index contributed by atoms with van der Waals surface area (Å²) >= 11 is 0. The van der Waals surface area contributed by atoms with E-state index in [-0.39, 0.29) is 0 Å². The van der Waals surface area contributed by atoms with Gasteiger partial charge in [-0.05, 0) is 42.4 Å². The molecule has 0 radical (unpaired) electrons. The average molecular weight is 180 g/mol. The molecule has 1 atom stereocenters. The molecular weight excluding hydrogens is 164 g/mol. The maximum atomic E-state index is 9.61. The SMILES string of the molecule is NCC1=C2CCCCC2=CNC1O. The summed E-state index contributed by atoms with van der Waals surface area (Å²) in [6, 6.07) is 0. The van der Waals surface area contributed by atoms with Crippen molar-refractivity contribution < 1.29 is 5.11 Å². The molecule has 1 fully saturated rings. The number of nitrogens with one attached hydrogen (secondary N) is 1. The Morgan fingerprint density at radius 1 is 1.46 bits per heavy atom. The van der Waals surface area contributed by atoms with Crippen LogP contribution in [0.3, 0.4) is 0 Å². The van der Waals surface area contributed by atoms with Crippen LogP contribution >= 0.6 is 0 Å². The number of rotatable bonds is 1. The Bertz CT molecular complexity index is 268. The molecule has 0 aromatic rings. The molecule has 1 aliphatic carbocycles. The largest absolute Gasteiger partial charge is 0.370 e. The minimum Gasteiger partial charge on any atom is -0.370 e. The number of fused-ring (bicyclic) bond motifs is 1.